The summed E-state index contributed by atoms with van der Waals surface area (Å²) in [6.45, 7) is 0.431. The Balaban J connectivity index is 1.57. The van der Waals surface area contributed by atoms with E-state index in [0.29, 0.717) is 29.9 Å². The maximum atomic E-state index is 15.5. The van der Waals surface area contributed by atoms with Gasteiger partial charge in [0.2, 0.25) is 11.5 Å². The molecule has 1 aliphatic heterocycles. The molecule has 0 N–H and O–H groups in total. The van der Waals surface area contributed by atoms with Crippen molar-refractivity contribution in [1.82, 2.24) is 20.0 Å². The SMILES string of the molecule is O=C(c1ccsc1)N1CCCC(F)(c2nc(-c3cccnc3)no2)C1. The van der Waals surface area contributed by atoms with Crippen molar-refractivity contribution < 1.29 is 13.7 Å². The molecule has 3 aromatic rings. The molecule has 1 saturated heterocycles. The highest BCUT2D eigenvalue weighted by atomic mass is 32.1. The number of alkyl halides is 1. The number of carbonyl (C=O) groups excluding carboxylic acids is 1. The molecule has 0 aromatic carbocycles. The Morgan fingerprint density at radius 1 is 1.40 bits per heavy atom. The molecule has 25 heavy (non-hydrogen) atoms. The number of pyridine rings is 1. The van der Waals surface area contributed by atoms with Crippen LogP contribution in [0.2, 0.25) is 0 Å². The first-order chi connectivity index (χ1) is 12.2. The van der Waals surface area contributed by atoms with Gasteiger partial charge >= 0.3 is 0 Å². The van der Waals surface area contributed by atoms with Gasteiger partial charge in [-0.3, -0.25) is 9.78 Å². The maximum Gasteiger partial charge on any atom is 0.266 e. The Hall–Kier alpha value is -2.61. The second-order valence-corrected chi connectivity index (χ2v) is 6.75. The molecule has 1 fully saturated rings. The zero-order chi connectivity index (χ0) is 17.3. The summed E-state index contributed by atoms with van der Waals surface area (Å²) in [4.78, 5) is 22.2. The highest BCUT2D eigenvalue weighted by Gasteiger charge is 2.44. The molecule has 0 spiro atoms. The predicted octanol–water partition coefficient (Wildman–Crippen LogP) is 3.29. The first kappa shape index (κ1) is 15.9. The lowest BCUT2D eigenvalue weighted by Gasteiger charge is -2.34. The summed E-state index contributed by atoms with van der Waals surface area (Å²) < 4.78 is 20.7. The molecule has 3 aromatic heterocycles. The van der Waals surface area contributed by atoms with Gasteiger partial charge in [-0.2, -0.15) is 16.3 Å². The third-order valence-corrected chi connectivity index (χ3v) is 4.91. The highest BCUT2D eigenvalue weighted by molar-refractivity contribution is 7.08. The van der Waals surface area contributed by atoms with E-state index in [1.807, 2.05) is 5.38 Å². The zero-order valence-electron chi connectivity index (χ0n) is 13.3. The van der Waals surface area contributed by atoms with E-state index in [4.69, 9.17) is 4.52 Å². The van der Waals surface area contributed by atoms with Gasteiger partial charge in [-0.05, 0) is 36.4 Å². The summed E-state index contributed by atoms with van der Waals surface area (Å²) in [5.74, 6) is 0.0329. The summed E-state index contributed by atoms with van der Waals surface area (Å²) in [5.41, 5.74) is -0.601. The molecule has 0 saturated carbocycles. The van der Waals surface area contributed by atoms with Crippen molar-refractivity contribution in [3.8, 4) is 11.4 Å². The lowest BCUT2D eigenvalue weighted by Crippen LogP contribution is -2.46. The molecule has 4 rings (SSSR count). The number of aromatic nitrogens is 3. The van der Waals surface area contributed by atoms with Gasteiger partial charge in [0.05, 0.1) is 12.1 Å². The zero-order valence-corrected chi connectivity index (χ0v) is 14.1. The Morgan fingerprint density at radius 3 is 3.08 bits per heavy atom. The largest absolute Gasteiger partial charge is 0.335 e. The molecule has 4 heterocycles. The van der Waals surface area contributed by atoms with Crippen molar-refractivity contribution >= 4 is 17.2 Å². The summed E-state index contributed by atoms with van der Waals surface area (Å²) in [7, 11) is 0. The van der Waals surface area contributed by atoms with Crippen LogP contribution in [0.15, 0.2) is 45.9 Å². The molecule has 1 amide bonds. The van der Waals surface area contributed by atoms with Gasteiger partial charge in [-0.25, -0.2) is 4.39 Å². The molecule has 0 radical (unpaired) electrons. The predicted molar refractivity (Wildman–Crippen MR) is 89.8 cm³/mol. The van der Waals surface area contributed by atoms with E-state index in [2.05, 4.69) is 15.1 Å². The van der Waals surface area contributed by atoms with Crippen LogP contribution in [-0.4, -0.2) is 39.0 Å². The van der Waals surface area contributed by atoms with Crippen LogP contribution in [0.1, 0.15) is 29.1 Å². The summed E-state index contributed by atoms with van der Waals surface area (Å²) in [5, 5.41) is 7.46. The fourth-order valence-electron chi connectivity index (χ4n) is 2.95. The van der Waals surface area contributed by atoms with Crippen molar-refractivity contribution in [1.29, 1.82) is 0 Å². The number of amides is 1. The number of halogens is 1. The van der Waals surface area contributed by atoms with Crippen LogP contribution in [-0.2, 0) is 5.67 Å². The van der Waals surface area contributed by atoms with Crippen LogP contribution in [0, 0.1) is 0 Å². The number of likely N-dealkylation sites (tertiary alicyclic amines) is 1. The molecule has 6 nitrogen and oxygen atoms in total. The Kier molecular flexibility index (Phi) is 4.04. The topological polar surface area (TPSA) is 72.1 Å². The lowest BCUT2D eigenvalue weighted by atomic mass is 9.94. The molecule has 128 valence electrons. The number of hydrogen-bond donors (Lipinski definition) is 0. The van der Waals surface area contributed by atoms with Gasteiger partial charge in [0, 0.05) is 29.9 Å². The monoisotopic (exact) mass is 358 g/mol. The van der Waals surface area contributed by atoms with Gasteiger partial charge in [0.1, 0.15) is 0 Å². The van der Waals surface area contributed by atoms with Crippen molar-refractivity contribution in [3.63, 3.8) is 0 Å². The maximum absolute atomic E-state index is 15.5. The minimum absolute atomic E-state index is 0.0870. The number of hydrogen-bond acceptors (Lipinski definition) is 6. The van der Waals surface area contributed by atoms with Crippen molar-refractivity contribution in [2.24, 2.45) is 0 Å². The minimum Gasteiger partial charge on any atom is -0.335 e. The van der Waals surface area contributed by atoms with Crippen LogP contribution in [0.5, 0.6) is 0 Å². The van der Waals surface area contributed by atoms with E-state index >= 15 is 4.39 Å². The van der Waals surface area contributed by atoms with E-state index in [-0.39, 0.29) is 24.8 Å². The van der Waals surface area contributed by atoms with E-state index in [1.54, 1.807) is 36.0 Å². The first-order valence-corrected chi connectivity index (χ1v) is 8.85. The van der Waals surface area contributed by atoms with Crippen molar-refractivity contribution in [3.05, 3.63) is 52.8 Å². The fourth-order valence-corrected chi connectivity index (χ4v) is 3.57. The lowest BCUT2D eigenvalue weighted by molar-refractivity contribution is 0.0153. The van der Waals surface area contributed by atoms with E-state index in [1.165, 1.54) is 16.2 Å². The Morgan fingerprint density at radius 2 is 2.32 bits per heavy atom. The highest BCUT2D eigenvalue weighted by Crippen LogP contribution is 2.36. The van der Waals surface area contributed by atoms with Gasteiger partial charge in [0.25, 0.3) is 11.8 Å². The van der Waals surface area contributed by atoms with Crippen LogP contribution in [0.4, 0.5) is 4.39 Å². The number of carbonyl (C=O) groups is 1. The van der Waals surface area contributed by atoms with Crippen LogP contribution in [0.25, 0.3) is 11.4 Å². The summed E-state index contributed by atoms with van der Waals surface area (Å²) in [6, 6.07) is 5.27. The number of nitrogens with zero attached hydrogens (tertiary/aromatic N) is 4. The molecular formula is C17H15FN4O2S. The van der Waals surface area contributed by atoms with Crippen molar-refractivity contribution in [2.75, 3.05) is 13.1 Å². The summed E-state index contributed by atoms with van der Waals surface area (Å²) in [6.07, 6.45) is 4.01. The molecule has 0 aliphatic carbocycles. The van der Waals surface area contributed by atoms with Crippen LogP contribution >= 0.6 is 11.3 Å². The van der Waals surface area contributed by atoms with E-state index in [0.717, 1.165) is 0 Å². The van der Waals surface area contributed by atoms with Gasteiger partial charge in [-0.1, -0.05) is 5.16 Å². The average Bonchev–Trinajstić information content (AvgIpc) is 3.34. The second kappa shape index (κ2) is 6.36. The average molecular weight is 358 g/mol. The van der Waals surface area contributed by atoms with Crippen LogP contribution < -0.4 is 0 Å². The Labute approximate surface area is 147 Å². The molecule has 1 atom stereocenters. The van der Waals surface area contributed by atoms with Gasteiger partial charge < -0.3 is 9.42 Å². The third-order valence-electron chi connectivity index (χ3n) is 4.23. The molecular weight excluding hydrogens is 343 g/mol. The number of thiophene rings is 1. The normalized spacial score (nSPS) is 20.6. The molecule has 8 heteroatoms. The van der Waals surface area contributed by atoms with E-state index in [9.17, 15) is 4.79 Å². The fraction of sp³-hybridized carbons (Fsp3) is 0.294. The van der Waals surface area contributed by atoms with Crippen molar-refractivity contribution in [2.45, 2.75) is 18.5 Å². The minimum atomic E-state index is -1.84. The van der Waals surface area contributed by atoms with Gasteiger partial charge in [-0.15, -0.1) is 0 Å². The molecule has 0 bridgehead atoms. The smallest absolute Gasteiger partial charge is 0.266 e. The quantitative estimate of drug-likeness (QED) is 0.718. The number of piperidine rings is 1. The standard InChI is InChI=1S/C17H15FN4O2S/c18-17(16-20-14(21-24-16)12-3-1-6-19-9-12)5-2-7-22(11-17)15(23)13-4-8-25-10-13/h1,3-4,6,8-10H,2,5,7,11H2. The summed E-state index contributed by atoms with van der Waals surface area (Å²) >= 11 is 1.44. The van der Waals surface area contributed by atoms with E-state index < -0.39 is 5.67 Å². The first-order valence-electron chi connectivity index (χ1n) is 7.91. The molecule has 1 unspecified atom stereocenters. The van der Waals surface area contributed by atoms with Gasteiger partial charge in [0.15, 0.2) is 0 Å². The molecule has 1 aliphatic rings. The van der Waals surface area contributed by atoms with Crippen LogP contribution in [0.3, 0.4) is 0 Å². The second-order valence-electron chi connectivity index (χ2n) is 5.97. The Bertz CT molecular complexity index is 868. The number of rotatable bonds is 3. The third kappa shape index (κ3) is 3.05.